The number of amides is 1. The molecule has 3 aromatic rings. The van der Waals surface area contributed by atoms with Crippen LogP contribution in [0.25, 0.3) is 22.0 Å². The van der Waals surface area contributed by atoms with Gasteiger partial charge in [0.2, 0.25) is 0 Å². The first-order chi connectivity index (χ1) is 15.1. The summed E-state index contributed by atoms with van der Waals surface area (Å²) in [5.74, 6) is 0.697. The van der Waals surface area contributed by atoms with Crippen molar-refractivity contribution in [2.45, 2.75) is 24.8 Å². The predicted octanol–water partition coefficient (Wildman–Crippen LogP) is 2.79. The molecule has 0 bridgehead atoms. The molecule has 1 atom stereocenters. The average Bonchev–Trinajstić information content (AvgIpc) is 3.33. The number of guanidine groups is 1. The van der Waals surface area contributed by atoms with Crippen LogP contribution in [0.4, 0.5) is 0 Å². The lowest BCUT2D eigenvalue weighted by molar-refractivity contribution is -0.131. The minimum atomic E-state index is -1.16. The largest absolute Gasteiger partial charge is 0.493 e. The molecule has 2 aliphatic heterocycles. The molecule has 1 amide bonds. The van der Waals surface area contributed by atoms with E-state index in [1.54, 1.807) is 13.2 Å². The number of aromatic nitrogens is 2. The van der Waals surface area contributed by atoms with Crippen LogP contribution in [0.5, 0.6) is 5.75 Å². The number of ether oxygens (including phenoxy) is 2. The molecule has 31 heavy (non-hydrogen) atoms. The van der Waals surface area contributed by atoms with E-state index in [-0.39, 0.29) is 11.9 Å². The van der Waals surface area contributed by atoms with Crippen molar-refractivity contribution in [3.8, 4) is 16.9 Å². The van der Waals surface area contributed by atoms with Crippen molar-refractivity contribution in [3.05, 3.63) is 48.2 Å². The van der Waals surface area contributed by atoms with E-state index in [9.17, 15) is 4.79 Å². The third kappa shape index (κ3) is 3.33. The summed E-state index contributed by atoms with van der Waals surface area (Å²) >= 11 is 0. The second kappa shape index (κ2) is 7.70. The smallest absolute Gasteiger partial charge is 0.261 e. The number of benzene rings is 2. The Kier molecular flexibility index (Phi) is 4.86. The highest BCUT2D eigenvalue weighted by Crippen LogP contribution is 2.43. The van der Waals surface area contributed by atoms with Crippen LogP contribution in [-0.4, -0.2) is 53.8 Å². The molecule has 3 heterocycles. The average molecular weight is 419 g/mol. The van der Waals surface area contributed by atoms with E-state index in [4.69, 9.17) is 15.2 Å². The molecule has 0 fully saturated rings. The fourth-order valence-electron chi connectivity index (χ4n) is 4.26. The van der Waals surface area contributed by atoms with Gasteiger partial charge in [-0.25, -0.2) is 4.99 Å². The van der Waals surface area contributed by atoms with Crippen molar-refractivity contribution >= 4 is 22.8 Å². The summed E-state index contributed by atoms with van der Waals surface area (Å²) in [5, 5.41) is 8.15. The Labute approximate surface area is 180 Å². The lowest BCUT2D eigenvalue weighted by atomic mass is 9.84. The molecule has 8 heteroatoms. The molecular formula is C23H25N5O3. The number of carbonyl (C=O) groups excluding carboxylic acids is 1. The second-order valence-corrected chi connectivity index (χ2v) is 8.00. The van der Waals surface area contributed by atoms with Crippen LogP contribution in [0.3, 0.4) is 0 Å². The molecule has 2 aromatic carbocycles. The molecule has 1 aromatic heterocycles. The number of aromatic amines is 1. The van der Waals surface area contributed by atoms with Gasteiger partial charge in [0.1, 0.15) is 5.75 Å². The zero-order chi connectivity index (χ0) is 21.4. The van der Waals surface area contributed by atoms with Gasteiger partial charge in [0.25, 0.3) is 5.91 Å². The highest BCUT2D eigenvalue weighted by atomic mass is 16.5. The maximum absolute atomic E-state index is 13.4. The second-order valence-electron chi connectivity index (χ2n) is 8.00. The van der Waals surface area contributed by atoms with Crippen molar-refractivity contribution in [1.82, 2.24) is 15.1 Å². The number of rotatable bonds is 1. The van der Waals surface area contributed by atoms with Crippen LogP contribution in [-0.2, 0) is 15.1 Å². The SMILES string of the molecule is CN1C(=O)[C@@]2(CCOCCCCOc3ccc(-c4ccc5cn[nH]c5c4)cc32)N=C1N. The molecule has 8 nitrogen and oxygen atoms in total. The number of fused-ring (bicyclic) bond motifs is 3. The number of nitrogens with one attached hydrogen (secondary N) is 1. The molecule has 0 radical (unpaired) electrons. The molecule has 3 N–H and O–H groups in total. The Bertz CT molecular complexity index is 1170. The number of carbonyl (C=O) groups is 1. The van der Waals surface area contributed by atoms with Crippen molar-refractivity contribution in [2.24, 2.45) is 10.7 Å². The Balaban J connectivity index is 1.67. The van der Waals surface area contributed by atoms with Gasteiger partial charge < -0.3 is 15.2 Å². The summed E-state index contributed by atoms with van der Waals surface area (Å²) in [6, 6.07) is 12.1. The van der Waals surface area contributed by atoms with Gasteiger partial charge in [0.15, 0.2) is 11.5 Å². The molecule has 0 saturated heterocycles. The maximum Gasteiger partial charge on any atom is 0.261 e. The number of likely N-dealkylation sites (N-methyl/N-ethyl adjacent to an activating group) is 1. The highest BCUT2D eigenvalue weighted by molar-refractivity contribution is 6.07. The number of nitrogens with two attached hydrogens (primary N) is 1. The van der Waals surface area contributed by atoms with E-state index in [0.717, 1.165) is 40.4 Å². The first-order valence-electron chi connectivity index (χ1n) is 10.5. The standard InChI is InChI=1S/C23H25N5O3/c1-28-21(29)23(26-22(28)24)8-11-30-9-2-3-10-31-20-7-6-15(12-18(20)23)16-4-5-17-14-25-27-19(17)13-16/h4-7,12-14H,2-3,8-11H2,1H3,(H2,24,26)(H,25,27)/t23-/m0/s1. The Hall–Kier alpha value is -3.39. The van der Waals surface area contributed by atoms with Crippen LogP contribution in [0.15, 0.2) is 47.6 Å². The zero-order valence-corrected chi connectivity index (χ0v) is 17.4. The van der Waals surface area contributed by atoms with Crippen LogP contribution in [0.2, 0.25) is 0 Å². The molecule has 0 saturated carbocycles. The van der Waals surface area contributed by atoms with Crippen LogP contribution < -0.4 is 10.5 Å². The van der Waals surface area contributed by atoms with Crippen molar-refractivity contribution < 1.29 is 14.3 Å². The third-order valence-corrected chi connectivity index (χ3v) is 6.06. The van der Waals surface area contributed by atoms with Gasteiger partial charge in [0, 0.05) is 37.6 Å². The van der Waals surface area contributed by atoms with E-state index in [0.29, 0.717) is 32.0 Å². The fraction of sp³-hybridized carbons (Fsp3) is 0.348. The number of hydrogen-bond donors (Lipinski definition) is 2. The summed E-state index contributed by atoms with van der Waals surface area (Å²) in [5.41, 5.74) is 8.57. The third-order valence-electron chi connectivity index (χ3n) is 6.06. The number of hydrogen-bond acceptors (Lipinski definition) is 6. The number of H-pyrrole nitrogens is 1. The first-order valence-corrected chi connectivity index (χ1v) is 10.5. The van der Waals surface area contributed by atoms with Gasteiger partial charge in [-0.1, -0.05) is 18.2 Å². The topological polar surface area (TPSA) is 106 Å². The molecule has 5 rings (SSSR count). The molecule has 1 spiro atoms. The normalized spacial score (nSPS) is 22.2. The molecule has 0 unspecified atom stereocenters. The Morgan fingerprint density at radius 1 is 1.10 bits per heavy atom. The fourth-order valence-corrected chi connectivity index (χ4v) is 4.26. The van der Waals surface area contributed by atoms with E-state index >= 15 is 0 Å². The van der Waals surface area contributed by atoms with E-state index < -0.39 is 5.54 Å². The lowest BCUT2D eigenvalue weighted by Crippen LogP contribution is -2.41. The van der Waals surface area contributed by atoms with E-state index in [1.165, 1.54) is 4.90 Å². The minimum absolute atomic E-state index is 0.168. The highest BCUT2D eigenvalue weighted by Gasteiger charge is 2.49. The summed E-state index contributed by atoms with van der Waals surface area (Å²) in [7, 11) is 1.65. The van der Waals surface area contributed by atoms with Crippen LogP contribution >= 0.6 is 0 Å². The van der Waals surface area contributed by atoms with E-state index in [1.807, 2.05) is 36.4 Å². The molecule has 0 aliphatic carbocycles. The summed E-state index contributed by atoms with van der Waals surface area (Å²) in [6.07, 6.45) is 3.98. The molecule has 2 aliphatic rings. The molecule has 160 valence electrons. The first kappa shape index (κ1) is 19.6. The van der Waals surface area contributed by atoms with Crippen LogP contribution in [0.1, 0.15) is 24.8 Å². The lowest BCUT2D eigenvalue weighted by Gasteiger charge is -2.27. The summed E-state index contributed by atoms with van der Waals surface area (Å²) in [6.45, 7) is 1.60. The maximum atomic E-state index is 13.4. The van der Waals surface area contributed by atoms with Gasteiger partial charge >= 0.3 is 0 Å². The molecular weight excluding hydrogens is 394 g/mol. The zero-order valence-electron chi connectivity index (χ0n) is 17.4. The Morgan fingerprint density at radius 2 is 1.90 bits per heavy atom. The van der Waals surface area contributed by atoms with Gasteiger partial charge in [-0.2, -0.15) is 5.10 Å². The van der Waals surface area contributed by atoms with Gasteiger partial charge in [-0.3, -0.25) is 14.8 Å². The van der Waals surface area contributed by atoms with Crippen molar-refractivity contribution in [2.75, 3.05) is 26.9 Å². The van der Waals surface area contributed by atoms with Gasteiger partial charge in [-0.05, 0) is 42.2 Å². The minimum Gasteiger partial charge on any atom is -0.493 e. The van der Waals surface area contributed by atoms with Crippen molar-refractivity contribution in [1.29, 1.82) is 0 Å². The van der Waals surface area contributed by atoms with Crippen LogP contribution in [0, 0.1) is 0 Å². The Morgan fingerprint density at radius 3 is 2.74 bits per heavy atom. The monoisotopic (exact) mass is 419 g/mol. The summed E-state index contributed by atoms with van der Waals surface area (Å²) < 4.78 is 11.9. The van der Waals surface area contributed by atoms with Gasteiger partial charge in [-0.15, -0.1) is 0 Å². The number of aliphatic imine (C=N–C) groups is 1. The number of nitrogens with zero attached hydrogens (tertiary/aromatic N) is 3. The van der Waals surface area contributed by atoms with Crippen molar-refractivity contribution in [3.63, 3.8) is 0 Å². The quantitative estimate of drug-likeness (QED) is 0.631. The van der Waals surface area contributed by atoms with E-state index in [2.05, 4.69) is 15.2 Å². The predicted molar refractivity (Wildman–Crippen MR) is 118 cm³/mol. The van der Waals surface area contributed by atoms with Gasteiger partial charge in [0.05, 0.1) is 18.3 Å². The summed E-state index contributed by atoms with van der Waals surface area (Å²) in [4.78, 5) is 19.5.